The number of hydrogen-bond donors (Lipinski definition) is 1. The quantitative estimate of drug-likeness (QED) is 0.402. The molecule has 1 aromatic carbocycles. The summed E-state index contributed by atoms with van der Waals surface area (Å²) < 4.78 is 20.0. The highest BCUT2D eigenvalue weighted by atomic mass is 35.5. The molecule has 1 N–H and O–H groups in total. The normalized spacial score (nSPS) is 11.9. The maximum Gasteiger partial charge on any atom is 0.196 e. The van der Waals surface area contributed by atoms with Crippen LogP contribution in [0.15, 0.2) is 51.9 Å². The highest BCUT2D eigenvalue weighted by Crippen LogP contribution is 2.32. The number of pyridine rings is 2. The van der Waals surface area contributed by atoms with E-state index in [1.54, 1.807) is 25.1 Å². The Labute approximate surface area is 188 Å². The lowest BCUT2D eigenvalue weighted by molar-refractivity contribution is 0.598. The molecule has 0 aliphatic carbocycles. The zero-order chi connectivity index (χ0) is 23.0. The van der Waals surface area contributed by atoms with Crippen LogP contribution in [-0.2, 0) is 0 Å². The van der Waals surface area contributed by atoms with Gasteiger partial charge in [0.15, 0.2) is 11.1 Å². The number of nitriles is 1. The van der Waals surface area contributed by atoms with Crippen LogP contribution in [0.4, 0.5) is 10.1 Å². The van der Waals surface area contributed by atoms with Gasteiger partial charge >= 0.3 is 0 Å². The average Bonchev–Trinajstić information content (AvgIpc) is 2.77. The molecule has 0 aliphatic rings. The molecule has 4 aromatic rings. The number of nitrogens with one attached hydrogen (secondary N) is 1. The van der Waals surface area contributed by atoms with Crippen LogP contribution < -0.4 is 10.7 Å². The Morgan fingerprint density at radius 3 is 2.72 bits per heavy atom. The van der Waals surface area contributed by atoms with E-state index >= 15 is 0 Å². The highest BCUT2D eigenvalue weighted by Gasteiger charge is 2.20. The molecule has 32 heavy (non-hydrogen) atoms. The van der Waals surface area contributed by atoms with Gasteiger partial charge < -0.3 is 9.73 Å². The Morgan fingerprint density at radius 1 is 1.22 bits per heavy atom. The molecule has 0 saturated carbocycles. The maximum atomic E-state index is 13.8. The van der Waals surface area contributed by atoms with Crippen LogP contribution >= 0.6 is 11.6 Å². The van der Waals surface area contributed by atoms with E-state index in [0.717, 1.165) is 11.8 Å². The van der Waals surface area contributed by atoms with E-state index < -0.39 is 5.82 Å². The molecule has 0 bridgehead atoms. The van der Waals surface area contributed by atoms with E-state index in [1.807, 2.05) is 26.0 Å². The summed E-state index contributed by atoms with van der Waals surface area (Å²) in [5, 5.41) is 13.3. The molecular formula is C24H18ClFN4O2. The van der Waals surface area contributed by atoms with Gasteiger partial charge in [-0.25, -0.2) is 9.37 Å². The number of aryl methyl sites for hydroxylation is 1. The van der Waals surface area contributed by atoms with E-state index in [4.69, 9.17) is 16.0 Å². The third-order valence-electron chi connectivity index (χ3n) is 5.16. The number of rotatable bonds is 4. The Kier molecular flexibility index (Phi) is 5.64. The first-order chi connectivity index (χ1) is 15.3. The fraction of sp³-hybridized carbons (Fsp3) is 0.167. The topological polar surface area (TPSA) is 91.8 Å². The molecule has 6 nitrogen and oxygen atoms in total. The van der Waals surface area contributed by atoms with Crippen LogP contribution in [0.5, 0.6) is 0 Å². The van der Waals surface area contributed by atoms with Crippen LogP contribution in [0.1, 0.15) is 35.3 Å². The first kappa shape index (κ1) is 21.5. The van der Waals surface area contributed by atoms with Crippen molar-refractivity contribution in [3.63, 3.8) is 0 Å². The summed E-state index contributed by atoms with van der Waals surface area (Å²) in [6, 6.07) is 9.88. The summed E-state index contributed by atoms with van der Waals surface area (Å²) in [5.41, 5.74) is 3.18. The molecule has 3 aromatic heterocycles. The van der Waals surface area contributed by atoms with Crippen molar-refractivity contribution in [2.24, 2.45) is 0 Å². The van der Waals surface area contributed by atoms with Gasteiger partial charge in [-0.2, -0.15) is 5.26 Å². The molecule has 0 fully saturated rings. The molecule has 160 valence electrons. The summed E-state index contributed by atoms with van der Waals surface area (Å²) in [7, 11) is 0. The molecule has 0 saturated heterocycles. The minimum atomic E-state index is -0.525. The first-order valence-corrected chi connectivity index (χ1v) is 10.2. The second-order valence-electron chi connectivity index (χ2n) is 7.52. The van der Waals surface area contributed by atoms with Gasteiger partial charge in [-0.15, -0.1) is 0 Å². The van der Waals surface area contributed by atoms with Crippen molar-refractivity contribution < 1.29 is 8.81 Å². The third-order valence-corrected chi connectivity index (χ3v) is 5.38. The largest absolute Gasteiger partial charge is 0.455 e. The monoisotopic (exact) mass is 448 g/mol. The summed E-state index contributed by atoms with van der Waals surface area (Å²) in [6.07, 6.45) is 2.54. The molecule has 0 aliphatic heterocycles. The molecule has 0 amide bonds. The van der Waals surface area contributed by atoms with E-state index in [9.17, 15) is 14.4 Å². The fourth-order valence-corrected chi connectivity index (χ4v) is 3.80. The summed E-state index contributed by atoms with van der Waals surface area (Å²) >= 11 is 5.90. The van der Waals surface area contributed by atoms with Gasteiger partial charge in [0, 0.05) is 22.9 Å². The van der Waals surface area contributed by atoms with Crippen molar-refractivity contribution in [3.8, 4) is 17.4 Å². The van der Waals surface area contributed by atoms with Gasteiger partial charge in [-0.1, -0.05) is 17.7 Å². The number of aromatic nitrogens is 2. The van der Waals surface area contributed by atoms with E-state index in [-0.39, 0.29) is 28.1 Å². The summed E-state index contributed by atoms with van der Waals surface area (Å²) in [4.78, 5) is 21.1. The highest BCUT2D eigenvalue weighted by molar-refractivity contribution is 6.29. The van der Waals surface area contributed by atoms with Crippen LogP contribution in [0.3, 0.4) is 0 Å². The standard InChI is InChI=1S/C24H18ClFN4O2/c1-12-6-17(14(3)29-19-4-5-21(25)30-20(19)9-27)24-18(7-12)22(31)13(2)23(32-24)15-8-16(26)11-28-10-15/h4-8,10-11,14,29H,1-3H3/t14-/m1/s1. The molecule has 1 atom stereocenters. The fourth-order valence-electron chi connectivity index (χ4n) is 3.65. The molecule has 4 rings (SSSR count). The van der Waals surface area contributed by atoms with Crippen LogP contribution in [0, 0.1) is 31.0 Å². The number of benzene rings is 1. The molecule has 8 heteroatoms. The number of anilines is 1. The summed E-state index contributed by atoms with van der Waals surface area (Å²) in [5.74, 6) is -0.263. The van der Waals surface area contributed by atoms with Gasteiger partial charge in [0.25, 0.3) is 0 Å². The van der Waals surface area contributed by atoms with E-state index in [2.05, 4.69) is 15.3 Å². The Morgan fingerprint density at radius 2 is 2.00 bits per heavy atom. The van der Waals surface area contributed by atoms with Crippen molar-refractivity contribution in [1.29, 1.82) is 5.26 Å². The van der Waals surface area contributed by atoms with Crippen molar-refractivity contribution in [1.82, 2.24) is 9.97 Å². The predicted octanol–water partition coefficient (Wildman–Crippen LogP) is 5.70. The zero-order valence-corrected chi connectivity index (χ0v) is 18.3. The van der Waals surface area contributed by atoms with Crippen molar-refractivity contribution in [2.45, 2.75) is 26.8 Å². The number of halogens is 2. The number of fused-ring (bicyclic) bond motifs is 1. The molecular weight excluding hydrogens is 431 g/mol. The summed E-state index contributed by atoms with van der Waals surface area (Å²) in [6.45, 7) is 5.42. The van der Waals surface area contributed by atoms with Crippen molar-refractivity contribution >= 4 is 28.3 Å². The van der Waals surface area contributed by atoms with Crippen LogP contribution in [0.25, 0.3) is 22.3 Å². The van der Waals surface area contributed by atoms with Gasteiger partial charge in [-0.05, 0) is 50.6 Å². The SMILES string of the molecule is Cc1cc([C@@H](C)Nc2ccc(Cl)nc2C#N)c2oc(-c3cncc(F)c3)c(C)c(=O)c2c1. The minimum Gasteiger partial charge on any atom is -0.455 e. The lowest BCUT2D eigenvalue weighted by Gasteiger charge is -2.19. The van der Waals surface area contributed by atoms with Gasteiger partial charge in [0.1, 0.15) is 28.4 Å². The molecule has 0 unspecified atom stereocenters. The lowest BCUT2D eigenvalue weighted by atomic mass is 9.99. The number of hydrogen-bond acceptors (Lipinski definition) is 6. The molecule has 3 heterocycles. The lowest BCUT2D eigenvalue weighted by Crippen LogP contribution is -2.13. The average molecular weight is 449 g/mol. The van der Waals surface area contributed by atoms with E-state index in [0.29, 0.717) is 33.3 Å². The first-order valence-electron chi connectivity index (χ1n) is 9.80. The Balaban J connectivity index is 1.90. The van der Waals surface area contributed by atoms with Crippen molar-refractivity contribution in [3.05, 3.63) is 86.3 Å². The smallest absolute Gasteiger partial charge is 0.196 e. The van der Waals surface area contributed by atoms with Crippen LogP contribution in [0.2, 0.25) is 5.15 Å². The zero-order valence-electron chi connectivity index (χ0n) is 17.5. The third kappa shape index (κ3) is 3.93. The predicted molar refractivity (Wildman–Crippen MR) is 121 cm³/mol. The van der Waals surface area contributed by atoms with Gasteiger partial charge in [0.2, 0.25) is 0 Å². The molecule has 0 radical (unpaired) electrons. The Bertz CT molecular complexity index is 1460. The molecule has 0 spiro atoms. The number of nitrogens with zero attached hydrogens (tertiary/aromatic N) is 3. The Hall–Kier alpha value is -3.76. The second-order valence-corrected chi connectivity index (χ2v) is 7.90. The van der Waals surface area contributed by atoms with Gasteiger partial charge in [0.05, 0.1) is 23.3 Å². The van der Waals surface area contributed by atoms with Crippen molar-refractivity contribution in [2.75, 3.05) is 5.32 Å². The van der Waals surface area contributed by atoms with Gasteiger partial charge in [-0.3, -0.25) is 9.78 Å². The maximum absolute atomic E-state index is 13.8. The minimum absolute atomic E-state index is 0.158. The second kappa shape index (κ2) is 8.40. The van der Waals surface area contributed by atoms with E-state index in [1.165, 1.54) is 12.3 Å². The van der Waals surface area contributed by atoms with Crippen LogP contribution in [-0.4, -0.2) is 9.97 Å².